The summed E-state index contributed by atoms with van der Waals surface area (Å²) in [6.45, 7) is 1.38. The van der Waals surface area contributed by atoms with Crippen LogP contribution in [0.4, 0.5) is 0 Å². The van der Waals surface area contributed by atoms with E-state index in [0.717, 1.165) is 0 Å². The molecule has 0 saturated heterocycles. The molecule has 3 rings (SSSR count). The van der Waals surface area contributed by atoms with Crippen molar-refractivity contribution in [3.05, 3.63) is 50.1 Å². The number of methoxy groups -OCH3 is 3. The first-order valence-corrected chi connectivity index (χ1v) is 9.82. The highest BCUT2D eigenvalue weighted by Gasteiger charge is 2.32. The zero-order chi connectivity index (χ0) is 22.9. The van der Waals surface area contributed by atoms with Crippen molar-refractivity contribution in [1.29, 1.82) is 0 Å². The van der Waals surface area contributed by atoms with Crippen LogP contribution in [0.1, 0.15) is 40.9 Å². The van der Waals surface area contributed by atoms with E-state index in [2.05, 4.69) is 5.32 Å². The van der Waals surface area contributed by atoms with Crippen molar-refractivity contribution in [2.75, 3.05) is 21.3 Å². The maximum absolute atomic E-state index is 12.6. The standard InChI is InChI=1S/C22H22ClNO7/c1-10(25)24-15-8-7-13-17(19(29-2)21(31-4)20(30-3)18(13)23)11-5-6-12(22(27)28)16(26)9-14(11)15/h5-6,9,15H,7-8H2,1-4H3,(H,24,25)(H,27,28). The van der Waals surface area contributed by atoms with Crippen LogP contribution in [0.15, 0.2) is 23.0 Å². The summed E-state index contributed by atoms with van der Waals surface area (Å²) in [6.07, 6.45) is 0.859. The lowest BCUT2D eigenvalue weighted by Gasteiger charge is -2.21. The van der Waals surface area contributed by atoms with Gasteiger partial charge in [0, 0.05) is 12.5 Å². The van der Waals surface area contributed by atoms with E-state index < -0.39 is 17.4 Å². The summed E-state index contributed by atoms with van der Waals surface area (Å²) in [4.78, 5) is 36.1. The van der Waals surface area contributed by atoms with Gasteiger partial charge in [-0.1, -0.05) is 17.7 Å². The number of carboxylic acids is 1. The highest BCUT2D eigenvalue weighted by molar-refractivity contribution is 6.34. The number of hydrogen-bond donors (Lipinski definition) is 2. The summed E-state index contributed by atoms with van der Waals surface area (Å²) in [7, 11) is 4.37. The molecular formula is C22H22ClNO7. The minimum absolute atomic E-state index is 0.269. The fourth-order valence-electron chi connectivity index (χ4n) is 3.96. The number of nitrogens with one attached hydrogen (secondary N) is 1. The van der Waals surface area contributed by atoms with Gasteiger partial charge in [-0.3, -0.25) is 9.59 Å². The molecule has 0 saturated carbocycles. The number of rotatable bonds is 5. The molecule has 9 heteroatoms. The predicted octanol–water partition coefficient (Wildman–Crippen LogP) is 3.21. The van der Waals surface area contributed by atoms with Crippen LogP contribution in [-0.2, 0) is 11.2 Å². The van der Waals surface area contributed by atoms with Crippen molar-refractivity contribution in [1.82, 2.24) is 5.32 Å². The van der Waals surface area contributed by atoms with Crippen molar-refractivity contribution >= 4 is 23.5 Å². The van der Waals surface area contributed by atoms with E-state index in [1.54, 1.807) is 0 Å². The number of amides is 1. The van der Waals surface area contributed by atoms with Gasteiger partial charge < -0.3 is 24.6 Å². The molecule has 1 aliphatic carbocycles. The number of carbonyl (C=O) groups excluding carboxylic acids is 1. The van der Waals surface area contributed by atoms with E-state index in [9.17, 15) is 19.5 Å². The Bertz CT molecular complexity index is 1130. The monoisotopic (exact) mass is 447 g/mol. The first-order valence-electron chi connectivity index (χ1n) is 9.44. The zero-order valence-corrected chi connectivity index (χ0v) is 18.3. The van der Waals surface area contributed by atoms with Crippen LogP contribution in [0.2, 0.25) is 5.02 Å². The minimum atomic E-state index is -1.34. The lowest BCUT2D eigenvalue weighted by Crippen LogP contribution is -2.26. The van der Waals surface area contributed by atoms with Gasteiger partial charge in [0.1, 0.15) is 5.56 Å². The molecule has 1 unspecified atom stereocenters. The number of halogens is 1. The van der Waals surface area contributed by atoms with Gasteiger partial charge >= 0.3 is 5.97 Å². The first-order chi connectivity index (χ1) is 14.7. The SMILES string of the molecule is COc1c(Cl)c2c(c(OC)c1OC)-c1ccc(C(=O)O)c(=O)cc1C(NC(C)=O)CC2. The summed E-state index contributed by atoms with van der Waals surface area (Å²) in [5, 5.41) is 12.6. The summed E-state index contributed by atoms with van der Waals surface area (Å²) < 4.78 is 16.6. The number of carboxylic acid groups (broad SMARTS) is 1. The number of hydrogen-bond acceptors (Lipinski definition) is 6. The molecule has 164 valence electrons. The summed E-state index contributed by atoms with van der Waals surface area (Å²) >= 11 is 6.67. The normalized spacial score (nSPS) is 14.5. The highest BCUT2D eigenvalue weighted by atomic mass is 35.5. The van der Waals surface area contributed by atoms with Gasteiger partial charge in [0.25, 0.3) is 0 Å². The predicted molar refractivity (Wildman–Crippen MR) is 115 cm³/mol. The molecular weight excluding hydrogens is 426 g/mol. The van der Waals surface area contributed by atoms with Gasteiger partial charge in [0.2, 0.25) is 11.7 Å². The Hall–Kier alpha value is -3.26. The molecule has 2 aromatic rings. The van der Waals surface area contributed by atoms with E-state index >= 15 is 0 Å². The van der Waals surface area contributed by atoms with Crippen LogP contribution in [0.25, 0.3) is 11.1 Å². The van der Waals surface area contributed by atoms with Gasteiger partial charge in [-0.15, -0.1) is 0 Å². The fourth-order valence-corrected chi connectivity index (χ4v) is 4.31. The number of carbonyl (C=O) groups is 2. The molecule has 2 N–H and O–H groups in total. The van der Waals surface area contributed by atoms with Crippen molar-refractivity contribution < 1.29 is 28.9 Å². The Morgan fingerprint density at radius 1 is 1.10 bits per heavy atom. The van der Waals surface area contributed by atoms with Crippen molar-refractivity contribution in [2.24, 2.45) is 0 Å². The molecule has 1 atom stereocenters. The molecule has 0 radical (unpaired) electrons. The second-order valence-electron chi connectivity index (χ2n) is 6.99. The third-order valence-corrected chi connectivity index (χ3v) is 5.63. The van der Waals surface area contributed by atoms with Crippen LogP contribution in [0.5, 0.6) is 17.2 Å². The Labute approximate surface area is 183 Å². The Kier molecular flexibility index (Phi) is 6.40. The smallest absolute Gasteiger partial charge is 0.339 e. The zero-order valence-electron chi connectivity index (χ0n) is 17.5. The Morgan fingerprint density at radius 3 is 2.29 bits per heavy atom. The topological polar surface area (TPSA) is 111 Å². The van der Waals surface area contributed by atoms with Gasteiger partial charge in [0.15, 0.2) is 16.9 Å². The van der Waals surface area contributed by atoms with Crippen LogP contribution in [0, 0.1) is 0 Å². The summed E-state index contributed by atoms with van der Waals surface area (Å²) in [5.41, 5.74) is 1.16. The molecule has 0 spiro atoms. The third-order valence-electron chi connectivity index (χ3n) is 5.23. The van der Waals surface area contributed by atoms with E-state index in [4.69, 9.17) is 25.8 Å². The molecule has 0 bridgehead atoms. The van der Waals surface area contributed by atoms with E-state index in [0.29, 0.717) is 51.6 Å². The third kappa shape index (κ3) is 3.90. The van der Waals surface area contributed by atoms with Crippen molar-refractivity contribution in [2.45, 2.75) is 25.8 Å². The van der Waals surface area contributed by atoms with Crippen LogP contribution < -0.4 is 25.0 Å². The van der Waals surface area contributed by atoms with Crippen LogP contribution in [0.3, 0.4) is 0 Å². The van der Waals surface area contributed by atoms with E-state index in [1.807, 2.05) is 0 Å². The average Bonchev–Trinajstić information content (AvgIpc) is 2.97. The molecule has 1 amide bonds. The maximum atomic E-state index is 12.6. The molecule has 0 heterocycles. The largest absolute Gasteiger partial charge is 0.492 e. The molecule has 0 fully saturated rings. The first kappa shape index (κ1) is 22.4. The molecule has 2 aromatic carbocycles. The molecule has 0 aromatic heterocycles. The number of benzene rings is 1. The minimum Gasteiger partial charge on any atom is -0.492 e. The fraction of sp³-hybridized carbons (Fsp3) is 0.318. The molecule has 1 aliphatic rings. The van der Waals surface area contributed by atoms with E-state index in [1.165, 1.54) is 46.5 Å². The molecule has 0 aliphatic heterocycles. The second kappa shape index (κ2) is 8.85. The van der Waals surface area contributed by atoms with Crippen molar-refractivity contribution in [3.63, 3.8) is 0 Å². The summed E-state index contributed by atoms with van der Waals surface area (Å²) in [6, 6.07) is 3.48. The highest BCUT2D eigenvalue weighted by Crippen LogP contribution is 2.54. The van der Waals surface area contributed by atoms with Gasteiger partial charge in [0.05, 0.1) is 32.4 Å². The van der Waals surface area contributed by atoms with Crippen LogP contribution >= 0.6 is 11.6 Å². The average molecular weight is 448 g/mol. The number of ether oxygens (including phenoxy) is 3. The molecule has 8 nitrogen and oxygen atoms in total. The molecule has 31 heavy (non-hydrogen) atoms. The Morgan fingerprint density at radius 2 is 1.74 bits per heavy atom. The van der Waals surface area contributed by atoms with E-state index in [-0.39, 0.29) is 17.2 Å². The van der Waals surface area contributed by atoms with Crippen molar-refractivity contribution in [3.8, 4) is 28.4 Å². The van der Waals surface area contributed by atoms with Gasteiger partial charge in [-0.2, -0.15) is 0 Å². The lowest BCUT2D eigenvalue weighted by atomic mass is 9.95. The van der Waals surface area contributed by atoms with Crippen LogP contribution in [-0.4, -0.2) is 38.3 Å². The quantitative estimate of drug-likeness (QED) is 0.723. The van der Waals surface area contributed by atoms with Gasteiger partial charge in [-0.25, -0.2) is 4.79 Å². The maximum Gasteiger partial charge on any atom is 0.339 e. The number of aromatic carboxylic acids is 1. The second-order valence-corrected chi connectivity index (χ2v) is 7.37. The summed E-state index contributed by atoms with van der Waals surface area (Å²) in [5.74, 6) is -0.726. The number of fused-ring (bicyclic) bond motifs is 3. The Balaban J connectivity index is 2.50. The lowest BCUT2D eigenvalue weighted by molar-refractivity contribution is -0.119. The van der Waals surface area contributed by atoms with Gasteiger partial charge in [-0.05, 0) is 41.7 Å².